The van der Waals surface area contributed by atoms with Gasteiger partial charge >= 0.3 is 0 Å². The molecule has 0 aliphatic carbocycles. The first kappa shape index (κ1) is 4.01. The molecular weight excluding hydrogens is 100 g/mol. The van der Waals surface area contributed by atoms with Gasteiger partial charge in [-0.25, -0.2) is 9.97 Å². The molecule has 0 aliphatic rings. The minimum absolute atomic E-state index is 0.292. The molecule has 0 aliphatic heterocycles. The first-order chi connectivity index (χ1) is 4.18. The van der Waals surface area contributed by atoms with Crippen molar-refractivity contribution in [2.24, 2.45) is 0 Å². The second-order valence-electron chi connectivity index (χ2n) is 1.69. The van der Waals surface area contributed by atoms with Gasteiger partial charge in [0.2, 0.25) is 0 Å². The Bertz CT molecular complexity index is 172. The van der Waals surface area contributed by atoms with E-state index in [1.807, 2.05) is 6.92 Å². The molecule has 0 fully saturated rings. The third-order valence-electron chi connectivity index (χ3n) is 0.838. The van der Waals surface area contributed by atoms with Crippen molar-refractivity contribution in [1.82, 2.24) is 9.97 Å². The Balaban J connectivity index is 3.17. The van der Waals surface area contributed by atoms with E-state index < -0.39 is 0 Å². The normalized spacial score (nSPS) is 11.0. The molecule has 1 aromatic heterocycles. The van der Waals surface area contributed by atoms with Crippen LogP contribution in [0.4, 0.5) is 0 Å². The zero-order valence-electron chi connectivity index (χ0n) is 5.97. The molecule has 1 rings (SSSR count). The van der Waals surface area contributed by atoms with E-state index in [0.29, 0.717) is 12.0 Å². The molecule has 2 heteroatoms. The number of aryl methyl sites for hydroxylation is 2. The van der Waals surface area contributed by atoms with Gasteiger partial charge in [0, 0.05) is 11.9 Å². The summed E-state index contributed by atoms with van der Waals surface area (Å²) in [5.74, 6) is 0.667. The lowest BCUT2D eigenvalue weighted by atomic mass is 10.4. The SMILES string of the molecule is [2H]c1cc(C)nc(C)n1. The highest BCUT2D eigenvalue weighted by Crippen LogP contribution is 1.88. The molecule has 1 aromatic rings. The standard InChI is InChI=1S/C6H8N2/c1-5-3-4-7-6(2)8-5/h3-4H,1-2H3/i4D. The average molecular weight is 109 g/mol. The molecule has 42 valence electrons. The first-order valence-electron chi connectivity index (χ1n) is 2.97. The van der Waals surface area contributed by atoms with Gasteiger partial charge in [0.05, 0.1) is 1.37 Å². The van der Waals surface area contributed by atoms with Gasteiger partial charge in [-0.1, -0.05) is 0 Å². The number of rotatable bonds is 0. The molecule has 0 saturated heterocycles. The lowest BCUT2D eigenvalue weighted by Crippen LogP contribution is -1.86. The van der Waals surface area contributed by atoms with Crippen LogP contribution < -0.4 is 0 Å². The van der Waals surface area contributed by atoms with Crippen LogP contribution in [0.3, 0.4) is 0 Å². The first-order valence-corrected chi connectivity index (χ1v) is 2.47. The van der Waals surface area contributed by atoms with Gasteiger partial charge < -0.3 is 0 Å². The summed E-state index contributed by atoms with van der Waals surface area (Å²) in [5.41, 5.74) is 0.854. The van der Waals surface area contributed by atoms with Gasteiger partial charge in [-0.2, -0.15) is 0 Å². The van der Waals surface area contributed by atoms with E-state index in [4.69, 9.17) is 1.37 Å². The fraction of sp³-hybridized carbons (Fsp3) is 0.333. The maximum Gasteiger partial charge on any atom is 0.125 e. The highest BCUT2D eigenvalue weighted by Gasteiger charge is 1.83. The Hall–Kier alpha value is -0.920. The van der Waals surface area contributed by atoms with Gasteiger partial charge in [0.25, 0.3) is 0 Å². The number of nitrogens with zero attached hydrogens (tertiary/aromatic N) is 2. The maximum atomic E-state index is 7.13. The summed E-state index contributed by atoms with van der Waals surface area (Å²) in [6.07, 6.45) is 0.292. The highest BCUT2D eigenvalue weighted by molar-refractivity contribution is 4.97. The highest BCUT2D eigenvalue weighted by atomic mass is 14.9. The van der Waals surface area contributed by atoms with Crippen molar-refractivity contribution < 1.29 is 1.37 Å². The molecule has 0 spiro atoms. The van der Waals surface area contributed by atoms with Crippen molar-refractivity contribution in [2.75, 3.05) is 0 Å². The summed E-state index contributed by atoms with van der Waals surface area (Å²) in [6, 6.07) is 1.63. The summed E-state index contributed by atoms with van der Waals surface area (Å²) >= 11 is 0. The zero-order chi connectivity index (χ0) is 6.85. The van der Waals surface area contributed by atoms with E-state index in [1.54, 1.807) is 13.0 Å². The molecule has 0 bridgehead atoms. The monoisotopic (exact) mass is 109 g/mol. The van der Waals surface area contributed by atoms with Gasteiger partial charge in [0.15, 0.2) is 0 Å². The van der Waals surface area contributed by atoms with Crippen LogP contribution in [0.1, 0.15) is 12.9 Å². The van der Waals surface area contributed by atoms with Crippen molar-refractivity contribution in [3.8, 4) is 0 Å². The molecule has 2 nitrogen and oxygen atoms in total. The molecule has 0 amide bonds. The molecule has 0 atom stereocenters. The average Bonchev–Trinajstić information content (AvgIpc) is 1.59. The molecule has 0 saturated carbocycles. The van der Waals surface area contributed by atoms with Gasteiger partial charge in [-0.3, -0.25) is 0 Å². The predicted octanol–water partition coefficient (Wildman–Crippen LogP) is 1.09. The van der Waals surface area contributed by atoms with Crippen molar-refractivity contribution in [1.29, 1.82) is 0 Å². The Labute approximate surface area is 50.0 Å². The summed E-state index contributed by atoms with van der Waals surface area (Å²) in [7, 11) is 0. The molecule has 1 heterocycles. The summed E-state index contributed by atoms with van der Waals surface area (Å²) in [6.45, 7) is 3.64. The Morgan fingerprint density at radius 1 is 1.62 bits per heavy atom. The quantitative estimate of drug-likeness (QED) is 0.498. The van der Waals surface area contributed by atoms with E-state index in [2.05, 4.69) is 9.97 Å². The fourth-order valence-corrected chi connectivity index (χ4v) is 0.532. The third kappa shape index (κ3) is 1.03. The minimum atomic E-state index is 0.292. The molecule has 0 radical (unpaired) electrons. The van der Waals surface area contributed by atoms with Crippen molar-refractivity contribution in [3.05, 3.63) is 23.8 Å². The van der Waals surface area contributed by atoms with E-state index in [1.165, 1.54) is 0 Å². The van der Waals surface area contributed by atoms with Crippen LogP contribution in [0.2, 0.25) is 0 Å². The molecule has 0 aromatic carbocycles. The lowest BCUT2D eigenvalue weighted by molar-refractivity contribution is 1.01. The fourth-order valence-electron chi connectivity index (χ4n) is 0.532. The van der Waals surface area contributed by atoms with E-state index >= 15 is 0 Å². The van der Waals surface area contributed by atoms with Crippen LogP contribution in [0.15, 0.2) is 12.2 Å². The molecule has 0 N–H and O–H groups in total. The largest absolute Gasteiger partial charge is 0.242 e. The smallest absolute Gasteiger partial charge is 0.125 e. The maximum absolute atomic E-state index is 7.13. The second kappa shape index (κ2) is 1.90. The van der Waals surface area contributed by atoms with Crippen LogP contribution in [0, 0.1) is 13.8 Å². The molecule has 8 heavy (non-hydrogen) atoms. The summed E-state index contributed by atoms with van der Waals surface area (Å²) in [5, 5.41) is 0. The van der Waals surface area contributed by atoms with Crippen LogP contribution in [-0.2, 0) is 0 Å². The Morgan fingerprint density at radius 3 is 2.88 bits per heavy atom. The molecular formula is C6H8N2. The van der Waals surface area contributed by atoms with Crippen molar-refractivity contribution in [3.63, 3.8) is 0 Å². The van der Waals surface area contributed by atoms with Crippen LogP contribution in [0.25, 0.3) is 0 Å². The lowest BCUT2D eigenvalue weighted by Gasteiger charge is -1.89. The third-order valence-corrected chi connectivity index (χ3v) is 0.838. The van der Waals surface area contributed by atoms with Crippen LogP contribution in [-0.4, -0.2) is 9.97 Å². The van der Waals surface area contributed by atoms with E-state index in [0.717, 1.165) is 5.69 Å². The zero-order valence-corrected chi connectivity index (χ0v) is 4.97. The second-order valence-corrected chi connectivity index (χ2v) is 1.69. The Morgan fingerprint density at radius 2 is 2.38 bits per heavy atom. The van der Waals surface area contributed by atoms with Gasteiger partial charge in [0.1, 0.15) is 5.82 Å². The predicted molar refractivity (Wildman–Crippen MR) is 31.5 cm³/mol. The summed E-state index contributed by atoms with van der Waals surface area (Å²) in [4.78, 5) is 7.79. The van der Waals surface area contributed by atoms with Gasteiger partial charge in [-0.15, -0.1) is 0 Å². The molecule has 0 unspecified atom stereocenters. The van der Waals surface area contributed by atoms with Crippen LogP contribution >= 0.6 is 0 Å². The summed E-state index contributed by atoms with van der Waals surface area (Å²) < 4.78 is 7.13. The number of hydrogen-bond donors (Lipinski definition) is 0. The van der Waals surface area contributed by atoms with E-state index in [9.17, 15) is 0 Å². The van der Waals surface area contributed by atoms with Gasteiger partial charge in [-0.05, 0) is 19.9 Å². The minimum Gasteiger partial charge on any atom is -0.242 e. The number of hydrogen-bond acceptors (Lipinski definition) is 2. The van der Waals surface area contributed by atoms with Crippen molar-refractivity contribution in [2.45, 2.75) is 13.8 Å². The van der Waals surface area contributed by atoms with E-state index in [-0.39, 0.29) is 0 Å². The van der Waals surface area contributed by atoms with Crippen molar-refractivity contribution >= 4 is 0 Å². The topological polar surface area (TPSA) is 25.8 Å². The number of aromatic nitrogens is 2. The van der Waals surface area contributed by atoms with Crippen LogP contribution in [0.5, 0.6) is 0 Å². The Kier molecular flexibility index (Phi) is 0.954.